The van der Waals surface area contributed by atoms with Gasteiger partial charge in [0, 0.05) is 0 Å². The van der Waals surface area contributed by atoms with E-state index in [4.69, 9.17) is 5.73 Å². The zero-order valence-corrected chi connectivity index (χ0v) is 8.41. The molecule has 0 bridgehead atoms. The number of nitrogen functional groups attached to an aromatic ring is 1. The van der Waals surface area contributed by atoms with E-state index in [9.17, 15) is 26.3 Å². The van der Waals surface area contributed by atoms with Crippen molar-refractivity contribution in [1.82, 2.24) is 0 Å². The number of alkyl halides is 6. The second-order valence-electron chi connectivity index (χ2n) is 3.14. The number of nitrogens with two attached hydrogens (primary N) is 1. The Bertz CT molecular complexity index is 423. The summed E-state index contributed by atoms with van der Waals surface area (Å²) in [5.41, 5.74) is 1.37. The minimum atomic E-state index is -4.97. The second kappa shape index (κ2) is 4.01. The van der Waals surface area contributed by atoms with Crippen molar-refractivity contribution in [3.63, 3.8) is 0 Å². The van der Waals surface area contributed by atoms with Crippen LogP contribution in [0.3, 0.4) is 0 Å². The van der Waals surface area contributed by atoms with Gasteiger partial charge in [0.05, 0.1) is 18.4 Å². The van der Waals surface area contributed by atoms with Crippen molar-refractivity contribution in [2.75, 3.05) is 12.8 Å². The first-order valence-corrected chi connectivity index (χ1v) is 4.19. The molecule has 0 atom stereocenters. The quantitative estimate of drug-likeness (QED) is 0.620. The highest BCUT2D eigenvalue weighted by molar-refractivity contribution is 5.60. The molecule has 8 heteroatoms. The number of benzene rings is 1. The predicted molar refractivity (Wildman–Crippen MR) is 47.4 cm³/mol. The first kappa shape index (κ1) is 13.5. The third-order valence-electron chi connectivity index (χ3n) is 1.95. The summed E-state index contributed by atoms with van der Waals surface area (Å²) >= 11 is 0. The van der Waals surface area contributed by atoms with Crippen molar-refractivity contribution in [2.24, 2.45) is 0 Å². The SMILES string of the molecule is COc1c(N)cc(C(F)(F)F)cc1C(F)(F)F. The van der Waals surface area contributed by atoms with Crippen LogP contribution in [0.4, 0.5) is 32.0 Å². The molecule has 1 aromatic rings. The molecular formula is C9H7F6NO. The van der Waals surface area contributed by atoms with E-state index in [1.165, 1.54) is 0 Å². The van der Waals surface area contributed by atoms with Gasteiger partial charge in [-0.1, -0.05) is 0 Å². The summed E-state index contributed by atoms with van der Waals surface area (Å²) in [6, 6.07) is 0.364. The van der Waals surface area contributed by atoms with Crippen LogP contribution in [-0.2, 0) is 12.4 Å². The number of anilines is 1. The Balaban J connectivity index is 3.51. The molecule has 0 aliphatic rings. The number of hydrogen-bond donors (Lipinski definition) is 1. The van der Waals surface area contributed by atoms with Crippen molar-refractivity contribution in [1.29, 1.82) is 0 Å². The highest BCUT2D eigenvalue weighted by Gasteiger charge is 2.39. The van der Waals surface area contributed by atoms with Gasteiger partial charge in [-0.2, -0.15) is 26.3 Å². The number of rotatable bonds is 1. The summed E-state index contributed by atoms with van der Waals surface area (Å²) in [7, 11) is 0.897. The molecule has 0 saturated heterocycles. The molecule has 1 aromatic carbocycles. The summed E-state index contributed by atoms with van der Waals surface area (Å²) in [5, 5.41) is 0. The molecule has 96 valence electrons. The highest BCUT2D eigenvalue weighted by Crippen LogP contribution is 2.43. The maximum Gasteiger partial charge on any atom is 0.420 e. The largest absolute Gasteiger partial charge is 0.494 e. The van der Waals surface area contributed by atoms with Crippen LogP contribution in [-0.4, -0.2) is 7.11 Å². The lowest BCUT2D eigenvalue weighted by Gasteiger charge is -2.16. The van der Waals surface area contributed by atoms with Crippen LogP contribution >= 0.6 is 0 Å². The van der Waals surface area contributed by atoms with Gasteiger partial charge in [0.2, 0.25) is 0 Å². The van der Waals surface area contributed by atoms with E-state index in [0.29, 0.717) is 6.07 Å². The molecule has 17 heavy (non-hydrogen) atoms. The monoisotopic (exact) mass is 259 g/mol. The van der Waals surface area contributed by atoms with Gasteiger partial charge >= 0.3 is 12.4 Å². The van der Waals surface area contributed by atoms with Crippen LogP contribution in [0.2, 0.25) is 0 Å². The van der Waals surface area contributed by atoms with Gasteiger partial charge in [0.1, 0.15) is 5.56 Å². The van der Waals surface area contributed by atoms with Gasteiger partial charge in [-0.3, -0.25) is 0 Å². The molecule has 0 aliphatic heterocycles. The van der Waals surface area contributed by atoms with Crippen molar-refractivity contribution in [2.45, 2.75) is 12.4 Å². The van der Waals surface area contributed by atoms with Crippen molar-refractivity contribution < 1.29 is 31.1 Å². The van der Waals surface area contributed by atoms with E-state index in [0.717, 1.165) is 7.11 Å². The van der Waals surface area contributed by atoms with Crippen LogP contribution in [0.1, 0.15) is 11.1 Å². The fourth-order valence-electron chi connectivity index (χ4n) is 1.25. The molecule has 0 aromatic heterocycles. The molecule has 0 heterocycles. The average molecular weight is 259 g/mol. The summed E-state index contributed by atoms with van der Waals surface area (Å²) in [6.07, 6.45) is -9.87. The molecule has 0 fully saturated rings. The Morgan fingerprint density at radius 2 is 1.53 bits per heavy atom. The van der Waals surface area contributed by atoms with Crippen molar-refractivity contribution in [3.05, 3.63) is 23.3 Å². The van der Waals surface area contributed by atoms with Gasteiger partial charge in [-0.15, -0.1) is 0 Å². The molecule has 1 rings (SSSR count). The van der Waals surface area contributed by atoms with Gasteiger partial charge in [0.25, 0.3) is 0 Å². The molecule has 0 unspecified atom stereocenters. The van der Waals surface area contributed by atoms with Gasteiger partial charge < -0.3 is 10.5 Å². The maximum atomic E-state index is 12.5. The summed E-state index contributed by atoms with van der Waals surface area (Å²) in [5.74, 6) is -0.814. The first-order valence-electron chi connectivity index (χ1n) is 4.19. The lowest BCUT2D eigenvalue weighted by molar-refractivity contribution is -0.143. The van der Waals surface area contributed by atoms with E-state index in [1.807, 2.05) is 0 Å². The molecule has 0 aliphatic carbocycles. The number of hydrogen-bond acceptors (Lipinski definition) is 2. The average Bonchev–Trinajstić information content (AvgIpc) is 2.13. The number of methoxy groups -OCH3 is 1. The number of ether oxygens (including phenoxy) is 1. The lowest BCUT2D eigenvalue weighted by Crippen LogP contribution is -2.13. The minimum absolute atomic E-state index is 0.0325. The molecule has 0 spiro atoms. The third-order valence-corrected chi connectivity index (χ3v) is 1.95. The Hall–Kier alpha value is -1.60. The van der Waals surface area contributed by atoms with E-state index in [2.05, 4.69) is 4.74 Å². The summed E-state index contributed by atoms with van der Waals surface area (Å²) < 4.78 is 78.7. The minimum Gasteiger partial charge on any atom is -0.494 e. The summed E-state index contributed by atoms with van der Waals surface area (Å²) in [6.45, 7) is 0. The Morgan fingerprint density at radius 1 is 1.00 bits per heavy atom. The first-order chi connectivity index (χ1) is 7.57. The van der Waals surface area contributed by atoms with Crippen LogP contribution in [0.25, 0.3) is 0 Å². The van der Waals surface area contributed by atoms with E-state index in [-0.39, 0.29) is 6.07 Å². The standard InChI is InChI=1S/C9H7F6NO/c1-17-7-5(9(13,14)15)2-4(3-6(7)16)8(10,11)12/h2-3H,16H2,1H3. The Labute approximate surface area is 92.0 Å². The van der Waals surface area contributed by atoms with Crippen LogP contribution in [0.5, 0.6) is 5.75 Å². The Morgan fingerprint density at radius 3 is 1.88 bits per heavy atom. The van der Waals surface area contributed by atoms with Gasteiger partial charge in [-0.05, 0) is 12.1 Å². The van der Waals surface area contributed by atoms with Crippen LogP contribution in [0.15, 0.2) is 12.1 Å². The molecule has 0 saturated carbocycles. The summed E-state index contributed by atoms with van der Waals surface area (Å²) in [4.78, 5) is 0. The van der Waals surface area contributed by atoms with E-state index >= 15 is 0 Å². The highest BCUT2D eigenvalue weighted by atomic mass is 19.4. The van der Waals surface area contributed by atoms with E-state index < -0.39 is 34.9 Å². The molecule has 2 nitrogen and oxygen atoms in total. The normalized spacial score (nSPS) is 12.6. The van der Waals surface area contributed by atoms with Crippen molar-refractivity contribution in [3.8, 4) is 5.75 Å². The fourth-order valence-corrected chi connectivity index (χ4v) is 1.25. The Kier molecular flexibility index (Phi) is 3.17. The third kappa shape index (κ3) is 2.75. The van der Waals surface area contributed by atoms with Gasteiger partial charge in [0.15, 0.2) is 5.75 Å². The molecular weight excluding hydrogens is 252 g/mol. The smallest absolute Gasteiger partial charge is 0.420 e. The molecule has 2 N–H and O–H groups in total. The zero-order valence-electron chi connectivity index (χ0n) is 8.41. The maximum absolute atomic E-state index is 12.5. The van der Waals surface area contributed by atoms with Crippen molar-refractivity contribution >= 4 is 5.69 Å². The predicted octanol–water partition coefficient (Wildman–Crippen LogP) is 3.32. The molecule has 0 radical (unpaired) electrons. The molecule has 0 amide bonds. The van der Waals surface area contributed by atoms with Gasteiger partial charge in [-0.25, -0.2) is 0 Å². The number of halogens is 6. The zero-order chi connectivity index (χ0) is 13.4. The lowest BCUT2D eigenvalue weighted by atomic mass is 10.1. The van der Waals surface area contributed by atoms with Crippen LogP contribution < -0.4 is 10.5 Å². The topological polar surface area (TPSA) is 35.2 Å². The van der Waals surface area contributed by atoms with Crippen LogP contribution in [0, 0.1) is 0 Å². The van der Waals surface area contributed by atoms with E-state index in [1.54, 1.807) is 0 Å². The fraction of sp³-hybridized carbons (Fsp3) is 0.333. The second-order valence-corrected chi connectivity index (χ2v) is 3.14.